The molecule has 2 aliphatic rings. The third-order valence-corrected chi connectivity index (χ3v) is 9.83. The molecule has 0 fully saturated rings. The molecule has 9 rings (SSSR count). The number of nitrogens with zero attached hydrogens (tertiary/aromatic N) is 3. The van der Waals surface area contributed by atoms with Crippen LogP contribution in [0.4, 0.5) is 0 Å². The summed E-state index contributed by atoms with van der Waals surface area (Å²) in [6.45, 7) is 0. The number of allylic oxidation sites excluding steroid dienone is 3. The van der Waals surface area contributed by atoms with E-state index in [-0.39, 0.29) is 12.1 Å². The molecule has 0 saturated heterocycles. The number of rotatable bonds is 5. The Hall–Kier alpha value is -6.10. The Bertz CT molecular complexity index is 2640. The Morgan fingerprint density at radius 1 is 0.714 bits per heavy atom. The molecule has 2 N–H and O–H groups in total. The van der Waals surface area contributed by atoms with Crippen LogP contribution in [0.3, 0.4) is 0 Å². The summed E-state index contributed by atoms with van der Waals surface area (Å²) >= 11 is 0. The van der Waals surface area contributed by atoms with E-state index >= 15 is 0 Å². The van der Waals surface area contributed by atoms with Crippen molar-refractivity contribution in [2.45, 2.75) is 18.5 Å². The monoisotopic (exact) mass is 630 g/mol. The Balaban J connectivity index is 1.30. The normalized spacial score (nSPS) is 18.3. The summed E-state index contributed by atoms with van der Waals surface area (Å²) in [4.78, 5) is 10.7. The van der Waals surface area contributed by atoms with Crippen LogP contribution in [0.1, 0.15) is 18.0 Å². The van der Waals surface area contributed by atoms with Crippen molar-refractivity contribution in [1.82, 2.24) is 4.57 Å². The molecule has 1 aliphatic carbocycles. The van der Waals surface area contributed by atoms with E-state index in [4.69, 9.17) is 15.7 Å². The smallest absolute Gasteiger partial charge is 0.100 e. The predicted octanol–water partition coefficient (Wildman–Crippen LogP) is 8.81. The molecule has 2 heterocycles. The van der Waals surface area contributed by atoms with Crippen LogP contribution in [-0.4, -0.2) is 16.9 Å². The summed E-state index contributed by atoms with van der Waals surface area (Å²) < 4.78 is 2.26. The lowest BCUT2D eigenvalue weighted by molar-refractivity contribution is 0.708. The first kappa shape index (κ1) is 29.1. The highest BCUT2D eigenvalue weighted by Crippen LogP contribution is 2.37. The zero-order valence-corrected chi connectivity index (χ0v) is 26.9. The second-order valence-corrected chi connectivity index (χ2v) is 12.7. The standard InChI is InChI=1S/C45H34N4/c46-39-21-11-9-20-36(39)45(38-28-41(32-16-5-2-6-17-32)48-40-22-12-10-19-35(38)40)47-29-49-42-26-24-31-15-7-8-18-34(31)44(42)37-25-23-33(27-43(37)49)30-13-3-1-4-14-30/h1-27,29,39,41H,28,46H2/b45-36-,47-29?. The van der Waals surface area contributed by atoms with Gasteiger partial charge in [0.05, 0.1) is 34.2 Å². The second-order valence-electron chi connectivity index (χ2n) is 12.7. The Morgan fingerprint density at radius 2 is 1.49 bits per heavy atom. The number of hydrogen-bond donors (Lipinski definition) is 1. The predicted molar refractivity (Wildman–Crippen MR) is 204 cm³/mol. The Kier molecular flexibility index (Phi) is 7.22. The molecule has 0 bridgehead atoms. The molecule has 1 aliphatic heterocycles. The van der Waals surface area contributed by atoms with Crippen molar-refractivity contribution < 1.29 is 0 Å². The fourth-order valence-corrected chi connectivity index (χ4v) is 7.44. The highest BCUT2D eigenvalue weighted by atomic mass is 15.0. The lowest BCUT2D eigenvalue weighted by Gasteiger charge is -2.23. The van der Waals surface area contributed by atoms with Gasteiger partial charge in [-0.15, -0.1) is 0 Å². The fraction of sp³-hybridized carbons (Fsp3) is 0.0667. The first-order chi connectivity index (χ1) is 24.2. The second kappa shape index (κ2) is 12.2. The van der Waals surface area contributed by atoms with E-state index in [2.05, 4.69) is 156 Å². The number of benzene rings is 6. The first-order valence-corrected chi connectivity index (χ1v) is 16.8. The van der Waals surface area contributed by atoms with Gasteiger partial charge in [-0.1, -0.05) is 146 Å². The number of aliphatic imine (C=N–C) groups is 1. The quantitative estimate of drug-likeness (QED) is 0.150. The van der Waals surface area contributed by atoms with E-state index < -0.39 is 0 Å². The topological polar surface area (TPSA) is 55.7 Å². The van der Waals surface area contributed by atoms with E-state index in [1.807, 2.05) is 18.5 Å². The summed E-state index contributed by atoms with van der Waals surface area (Å²) in [5.74, 6) is 0. The van der Waals surface area contributed by atoms with Crippen molar-refractivity contribution >= 4 is 44.5 Å². The molecule has 4 heteroatoms. The molecule has 0 radical (unpaired) electrons. The minimum absolute atomic E-state index is 0.0238. The molecule has 1 aromatic heterocycles. The molecular formula is C45H34N4. The first-order valence-electron chi connectivity index (χ1n) is 16.8. The van der Waals surface area contributed by atoms with Gasteiger partial charge in [0, 0.05) is 22.4 Å². The lowest BCUT2D eigenvalue weighted by Crippen LogP contribution is -2.33. The molecule has 0 spiro atoms. The van der Waals surface area contributed by atoms with Gasteiger partial charge in [0.1, 0.15) is 6.34 Å². The molecule has 0 amide bonds. The minimum atomic E-state index is -0.280. The maximum absolute atomic E-state index is 6.82. The van der Waals surface area contributed by atoms with E-state index in [0.717, 1.165) is 44.9 Å². The average Bonchev–Trinajstić information content (AvgIpc) is 3.49. The highest BCUT2D eigenvalue weighted by Gasteiger charge is 2.24. The molecule has 2 unspecified atom stereocenters. The number of nitrogens with two attached hydrogens (primary N) is 1. The molecule has 7 aromatic rings. The fourth-order valence-electron chi connectivity index (χ4n) is 7.44. The van der Waals surface area contributed by atoms with Gasteiger partial charge < -0.3 is 5.73 Å². The van der Waals surface area contributed by atoms with Crippen LogP contribution >= 0.6 is 0 Å². The average molecular weight is 631 g/mol. The Labute approximate surface area is 284 Å². The van der Waals surface area contributed by atoms with Crippen molar-refractivity contribution in [3.8, 4) is 11.1 Å². The van der Waals surface area contributed by atoms with Crippen molar-refractivity contribution in [3.63, 3.8) is 0 Å². The van der Waals surface area contributed by atoms with Gasteiger partial charge in [-0.05, 0) is 56.8 Å². The van der Waals surface area contributed by atoms with E-state index in [1.54, 1.807) is 0 Å². The van der Waals surface area contributed by atoms with Gasteiger partial charge in [-0.2, -0.15) is 0 Å². The van der Waals surface area contributed by atoms with Crippen LogP contribution < -0.4 is 16.3 Å². The Morgan fingerprint density at radius 3 is 2.35 bits per heavy atom. The highest BCUT2D eigenvalue weighted by molar-refractivity contribution is 6.22. The SMILES string of the molecule is NC1C=CC=C/C1=C(/N=Cn1c2cc(-c3ccccc3)ccc2c2c3ccccc3ccc21)C1=c2ccccc2=NC(c2ccccc2)C1. The third-order valence-electron chi connectivity index (χ3n) is 9.83. The van der Waals surface area contributed by atoms with E-state index in [1.165, 1.54) is 38.2 Å². The minimum Gasteiger partial charge on any atom is -0.321 e. The summed E-state index contributed by atoms with van der Waals surface area (Å²) in [6, 6.07) is 49.1. The molecule has 4 nitrogen and oxygen atoms in total. The van der Waals surface area contributed by atoms with Crippen molar-refractivity contribution in [2.75, 3.05) is 0 Å². The van der Waals surface area contributed by atoms with Gasteiger partial charge in [-0.3, -0.25) is 9.56 Å². The van der Waals surface area contributed by atoms with E-state index in [0.29, 0.717) is 0 Å². The van der Waals surface area contributed by atoms with Gasteiger partial charge in [-0.25, -0.2) is 4.99 Å². The van der Waals surface area contributed by atoms with Crippen molar-refractivity contribution in [2.24, 2.45) is 15.7 Å². The maximum atomic E-state index is 6.82. The van der Waals surface area contributed by atoms with Crippen molar-refractivity contribution in [1.29, 1.82) is 0 Å². The summed E-state index contributed by atoms with van der Waals surface area (Å²) in [6.07, 6.45) is 11.0. The number of aromatic nitrogens is 1. The number of fused-ring (bicyclic) bond motifs is 6. The molecular weight excluding hydrogens is 597 g/mol. The maximum Gasteiger partial charge on any atom is 0.100 e. The number of hydrogen-bond acceptors (Lipinski definition) is 3. The van der Waals surface area contributed by atoms with Gasteiger partial charge in [0.15, 0.2) is 0 Å². The number of para-hydroxylation sites is 1. The third kappa shape index (κ3) is 5.14. The van der Waals surface area contributed by atoms with E-state index in [9.17, 15) is 0 Å². The van der Waals surface area contributed by atoms with Gasteiger partial charge in [0.2, 0.25) is 0 Å². The zero-order valence-electron chi connectivity index (χ0n) is 26.9. The van der Waals surface area contributed by atoms with Crippen LogP contribution in [0.25, 0.3) is 49.3 Å². The molecule has 49 heavy (non-hydrogen) atoms. The molecule has 0 saturated carbocycles. The zero-order chi connectivity index (χ0) is 32.7. The largest absolute Gasteiger partial charge is 0.321 e. The lowest BCUT2D eigenvalue weighted by atomic mass is 9.89. The molecule has 6 aromatic carbocycles. The molecule has 2 atom stereocenters. The van der Waals surface area contributed by atoms with Crippen LogP contribution in [0.15, 0.2) is 185 Å². The van der Waals surface area contributed by atoms with Crippen molar-refractivity contribution in [3.05, 3.63) is 191 Å². The molecule has 234 valence electrons. The van der Waals surface area contributed by atoms with Gasteiger partial charge in [0.25, 0.3) is 0 Å². The summed E-state index contributed by atoms with van der Waals surface area (Å²) in [5.41, 5.74) is 15.6. The van der Waals surface area contributed by atoms with Crippen LogP contribution in [0, 0.1) is 0 Å². The van der Waals surface area contributed by atoms with Crippen LogP contribution in [0.5, 0.6) is 0 Å². The summed E-state index contributed by atoms with van der Waals surface area (Å²) in [7, 11) is 0. The van der Waals surface area contributed by atoms with Gasteiger partial charge >= 0.3 is 0 Å². The van der Waals surface area contributed by atoms with Crippen LogP contribution in [-0.2, 0) is 0 Å². The van der Waals surface area contributed by atoms with Crippen LogP contribution in [0.2, 0.25) is 0 Å². The summed E-state index contributed by atoms with van der Waals surface area (Å²) in [5, 5.41) is 6.95.